The van der Waals surface area contributed by atoms with Gasteiger partial charge in [-0.25, -0.2) is 18.6 Å². The highest BCUT2D eigenvalue weighted by Crippen LogP contribution is 2.36. The maximum absolute atomic E-state index is 14.0. The lowest BCUT2D eigenvalue weighted by molar-refractivity contribution is -0.141. The Kier molecular flexibility index (Phi) is 8.96. The van der Waals surface area contributed by atoms with Gasteiger partial charge < -0.3 is 29.8 Å². The summed E-state index contributed by atoms with van der Waals surface area (Å²) in [6, 6.07) is 14.2. The van der Waals surface area contributed by atoms with E-state index in [0.717, 1.165) is 12.0 Å². The zero-order valence-electron chi connectivity index (χ0n) is 24.9. The minimum Gasteiger partial charge on any atom is -0.417 e. The van der Waals surface area contributed by atoms with Crippen molar-refractivity contribution in [2.45, 2.75) is 24.9 Å². The van der Waals surface area contributed by atoms with E-state index >= 15 is 0 Å². The molecule has 1 atom stereocenters. The largest absolute Gasteiger partial charge is 0.437 e. The van der Waals surface area contributed by atoms with Gasteiger partial charge in [-0.1, -0.05) is 24.3 Å². The standard InChI is InChI=1S/C32H30F5N7O3/c33-22-9-7-20(8-10-22)21-4-3-13-44(19-21)31-41-28(32(35,36)37)27(47-31)29(45)39-23-11-12-26(38-18-23)42-14-16-43(17-15-42)30(46)40-25-6-2-1-5-24(25)34/h1-2,5-12,18,21H,3-4,13-17,19H2,(H,39,45)(H,40,46). The summed E-state index contributed by atoms with van der Waals surface area (Å²) in [6.07, 6.45) is -2.24. The lowest BCUT2D eigenvalue weighted by atomic mass is 9.91. The molecule has 2 aromatic carbocycles. The van der Waals surface area contributed by atoms with Crippen LogP contribution in [0.2, 0.25) is 0 Å². The van der Waals surface area contributed by atoms with Gasteiger partial charge in [-0.15, -0.1) is 0 Å². The number of hydrogen-bond donors (Lipinski definition) is 2. The fourth-order valence-corrected chi connectivity index (χ4v) is 5.68. The molecule has 15 heteroatoms. The van der Waals surface area contributed by atoms with Crippen LogP contribution < -0.4 is 20.4 Å². The highest BCUT2D eigenvalue weighted by atomic mass is 19.4. The second-order valence-corrected chi connectivity index (χ2v) is 11.3. The molecule has 2 fully saturated rings. The predicted molar refractivity (Wildman–Crippen MR) is 163 cm³/mol. The molecule has 246 valence electrons. The molecular formula is C32H30F5N7O3. The van der Waals surface area contributed by atoms with Gasteiger partial charge >= 0.3 is 12.2 Å². The van der Waals surface area contributed by atoms with Crippen LogP contribution in [0.5, 0.6) is 0 Å². The number of rotatable bonds is 6. The summed E-state index contributed by atoms with van der Waals surface area (Å²) in [5.74, 6) is -2.56. The number of piperidine rings is 1. The van der Waals surface area contributed by atoms with Crippen LogP contribution in [0.3, 0.4) is 0 Å². The van der Waals surface area contributed by atoms with Crippen LogP contribution in [0.4, 0.5) is 50.0 Å². The number of carbonyl (C=O) groups is 2. The van der Waals surface area contributed by atoms with Crippen molar-refractivity contribution in [3.05, 3.63) is 95.5 Å². The number of aromatic nitrogens is 2. The number of benzene rings is 2. The first-order chi connectivity index (χ1) is 22.5. The summed E-state index contributed by atoms with van der Waals surface area (Å²) in [4.78, 5) is 38.6. The van der Waals surface area contributed by atoms with Crippen LogP contribution in [0.1, 0.15) is 40.6 Å². The summed E-state index contributed by atoms with van der Waals surface area (Å²) in [5.41, 5.74) is -0.359. The summed E-state index contributed by atoms with van der Waals surface area (Å²) in [6.45, 7) is 2.22. The van der Waals surface area contributed by atoms with Crippen molar-refractivity contribution >= 4 is 35.1 Å². The number of para-hydroxylation sites is 1. The molecule has 4 heterocycles. The monoisotopic (exact) mass is 655 g/mol. The quantitative estimate of drug-likeness (QED) is 0.233. The first-order valence-electron chi connectivity index (χ1n) is 15.0. The molecule has 1 unspecified atom stereocenters. The third-order valence-corrected chi connectivity index (χ3v) is 8.14. The molecule has 6 rings (SSSR count). The van der Waals surface area contributed by atoms with E-state index in [0.29, 0.717) is 51.5 Å². The van der Waals surface area contributed by atoms with Gasteiger partial charge in [0.1, 0.15) is 17.5 Å². The molecule has 0 radical (unpaired) electrons. The van der Waals surface area contributed by atoms with E-state index in [1.165, 1.54) is 42.6 Å². The minimum atomic E-state index is -4.95. The Morgan fingerprint density at radius 2 is 1.62 bits per heavy atom. The number of nitrogens with zero attached hydrogens (tertiary/aromatic N) is 5. The number of hydrogen-bond acceptors (Lipinski definition) is 7. The van der Waals surface area contributed by atoms with Gasteiger partial charge in [0, 0.05) is 45.2 Å². The van der Waals surface area contributed by atoms with Gasteiger partial charge in [0.05, 0.1) is 17.6 Å². The molecular weight excluding hydrogens is 625 g/mol. The Labute approximate surface area is 266 Å². The molecule has 2 N–H and O–H groups in total. The summed E-state index contributed by atoms with van der Waals surface area (Å²) in [7, 11) is 0. The Balaban J connectivity index is 1.08. The Morgan fingerprint density at radius 3 is 2.30 bits per heavy atom. The molecule has 2 aromatic heterocycles. The number of oxazole rings is 1. The van der Waals surface area contributed by atoms with Crippen LogP contribution >= 0.6 is 0 Å². The third-order valence-electron chi connectivity index (χ3n) is 8.14. The number of pyridine rings is 1. The lowest BCUT2D eigenvalue weighted by Crippen LogP contribution is -2.50. The van der Waals surface area contributed by atoms with Gasteiger partial charge in [0.25, 0.3) is 11.9 Å². The molecule has 10 nitrogen and oxygen atoms in total. The second kappa shape index (κ2) is 13.3. The fourth-order valence-electron chi connectivity index (χ4n) is 5.68. The number of urea groups is 1. The van der Waals surface area contributed by atoms with E-state index in [2.05, 4.69) is 20.6 Å². The van der Waals surface area contributed by atoms with E-state index < -0.39 is 35.4 Å². The lowest BCUT2D eigenvalue weighted by Gasteiger charge is -2.35. The molecule has 4 aromatic rings. The summed E-state index contributed by atoms with van der Waals surface area (Å²) < 4.78 is 74.6. The van der Waals surface area contributed by atoms with Crippen LogP contribution in [0.15, 0.2) is 71.3 Å². The molecule has 0 spiro atoms. The zero-order valence-corrected chi connectivity index (χ0v) is 24.9. The topological polar surface area (TPSA) is 107 Å². The van der Waals surface area contributed by atoms with Gasteiger partial charge in [-0.3, -0.25) is 4.79 Å². The number of piperazine rings is 1. The average molecular weight is 656 g/mol. The first-order valence-corrected chi connectivity index (χ1v) is 15.0. The van der Waals surface area contributed by atoms with Crippen molar-refractivity contribution in [2.24, 2.45) is 0 Å². The molecule has 0 aliphatic carbocycles. The Bertz CT molecular complexity index is 1720. The number of alkyl halides is 3. The van der Waals surface area contributed by atoms with Crippen LogP contribution in [-0.4, -0.2) is 66.1 Å². The van der Waals surface area contributed by atoms with Crippen LogP contribution in [0.25, 0.3) is 0 Å². The maximum atomic E-state index is 14.0. The molecule has 2 saturated heterocycles. The van der Waals surface area contributed by atoms with Gasteiger partial charge in [0.15, 0.2) is 5.69 Å². The molecule has 47 heavy (non-hydrogen) atoms. The van der Waals surface area contributed by atoms with Gasteiger partial charge in [0.2, 0.25) is 5.76 Å². The summed E-state index contributed by atoms with van der Waals surface area (Å²) in [5, 5.41) is 4.97. The van der Waals surface area contributed by atoms with Crippen molar-refractivity contribution in [1.82, 2.24) is 14.9 Å². The Hall–Kier alpha value is -5.21. The van der Waals surface area contributed by atoms with Crippen LogP contribution in [0, 0.1) is 11.6 Å². The minimum absolute atomic E-state index is 0.0774. The number of anilines is 4. The highest BCUT2D eigenvalue weighted by molar-refractivity contribution is 6.03. The zero-order chi connectivity index (χ0) is 33.1. The van der Waals surface area contributed by atoms with Crippen molar-refractivity contribution in [3.8, 4) is 0 Å². The van der Waals surface area contributed by atoms with Crippen LogP contribution in [-0.2, 0) is 6.18 Å². The highest BCUT2D eigenvalue weighted by Gasteiger charge is 2.42. The van der Waals surface area contributed by atoms with Crippen molar-refractivity contribution in [1.29, 1.82) is 0 Å². The van der Waals surface area contributed by atoms with Crippen molar-refractivity contribution in [2.75, 3.05) is 59.7 Å². The van der Waals surface area contributed by atoms with E-state index in [-0.39, 0.29) is 29.1 Å². The molecule has 0 bridgehead atoms. The molecule has 2 aliphatic rings. The Morgan fingerprint density at radius 1 is 0.872 bits per heavy atom. The van der Waals surface area contributed by atoms with Gasteiger partial charge in [-0.2, -0.15) is 18.2 Å². The third kappa shape index (κ3) is 7.28. The van der Waals surface area contributed by atoms with E-state index in [4.69, 9.17) is 4.42 Å². The van der Waals surface area contributed by atoms with Gasteiger partial charge in [-0.05, 0) is 54.8 Å². The normalized spacial score (nSPS) is 17.0. The first kappa shape index (κ1) is 31.8. The number of amides is 3. The molecule has 3 amide bonds. The predicted octanol–water partition coefficient (Wildman–Crippen LogP) is 6.36. The van der Waals surface area contributed by atoms with Crippen molar-refractivity contribution < 1.29 is 36.0 Å². The van der Waals surface area contributed by atoms with Crippen molar-refractivity contribution in [3.63, 3.8) is 0 Å². The number of nitrogens with one attached hydrogen (secondary N) is 2. The second-order valence-electron chi connectivity index (χ2n) is 11.3. The fraction of sp³-hybridized carbons (Fsp3) is 0.312. The summed E-state index contributed by atoms with van der Waals surface area (Å²) >= 11 is 0. The maximum Gasteiger partial charge on any atom is 0.437 e. The van der Waals surface area contributed by atoms with E-state index in [1.807, 2.05) is 4.90 Å². The van der Waals surface area contributed by atoms with E-state index in [9.17, 15) is 31.5 Å². The smallest absolute Gasteiger partial charge is 0.417 e. The van der Waals surface area contributed by atoms with E-state index in [1.54, 1.807) is 34.1 Å². The number of halogens is 5. The molecule has 2 aliphatic heterocycles. The molecule has 0 saturated carbocycles. The average Bonchev–Trinajstić information content (AvgIpc) is 3.54. The SMILES string of the molecule is O=C(Nc1ccc(N2CCN(C(=O)Nc3ccccc3F)CC2)nc1)c1oc(N2CCCC(c3ccc(F)cc3)C2)nc1C(F)(F)F. The number of carbonyl (C=O) groups excluding carboxylic acids is 2.